The van der Waals surface area contributed by atoms with E-state index < -0.39 is 5.92 Å². The van der Waals surface area contributed by atoms with Gasteiger partial charge in [-0.15, -0.1) is 0 Å². The van der Waals surface area contributed by atoms with Gasteiger partial charge in [-0.3, -0.25) is 9.59 Å². The molecular formula is C33H38N4O3. The number of hydrogen-bond donors (Lipinski definition) is 1. The van der Waals surface area contributed by atoms with Crippen molar-refractivity contribution in [3.8, 4) is 5.69 Å². The Hall–Kier alpha value is -4.23. The van der Waals surface area contributed by atoms with Gasteiger partial charge in [-0.25, -0.2) is 4.68 Å². The zero-order valence-electron chi connectivity index (χ0n) is 23.9. The summed E-state index contributed by atoms with van der Waals surface area (Å²) in [5.74, 6) is -0.453. The Balaban J connectivity index is 1.63. The van der Waals surface area contributed by atoms with Crippen LogP contribution in [0.3, 0.4) is 0 Å². The molecule has 7 heteroatoms. The van der Waals surface area contributed by atoms with Gasteiger partial charge in [0.1, 0.15) is 12.4 Å². The van der Waals surface area contributed by atoms with E-state index in [1.807, 2.05) is 97.9 Å². The van der Waals surface area contributed by atoms with Gasteiger partial charge in [0.05, 0.1) is 23.9 Å². The number of rotatable bonds is 10. The lowest BCUT2D eigenvalue weighted by Crippen LogP contribution is -2.42. The smallest absolute Gasteiger partial charge is 0.245 e. The van der Waals surface area contributed by atoms with Crippen LogP contribution in [0.15, 0.2) is 91.0 Å². The first kappa shape index (κ1) is 28.8. The number of aryl methyl sites for hydroxylation is 1. The van der Waals surface area contributed by atoms with Crippen LogP contribution in [0.4, 0.5) is 5.82 Å². The highest BCUT2D eigenvalue weighted by molar-refractivity contribution is 5.96. The summed E-state index contributed by atoms with van der Waals surface area (Å²) >= 11 is 0. The molecule has 1 heterocycles. The van der Waals surface area contributed by atoms with Gasteiger partial charge in [-0.1, -0.05) is 93.6 Å². The van der Waals surface area contributed by atoms with E-state index in [0.29, 0.717) is 12.4 Å². The fourth-order valence-electron chi connectivity index (χ4n) is 4.57. The van der Waals surface area contributed by atoms with Crippen LogP contribution >= 0.6 is 0 Å². The molecule has 2 amide bonds. The average Bonchev–Trinajstić information content (AvgIpc) is 3.36. The van der Waals surface area contributed by atoms with Crippen molar-refractivity contribution in [1.29, 1.82) is 0 Å². The summed E-state index contributed by atoms with van der Waals surface area (Å²) in [6.45, 7) is 8.74. The third kappa shape index (κ3) is 7.04. The van der Waals surface area contributed by atoms with E-state index in [1.54, 1.807) is 16.7 Å². The van der Waals surface area contributed by atoms with Gasteiger partial charge in [-0.2, -0.15) is 5.10 Å². The van der Waals surface area contributed by atoms with Gasteiger partial charge in [0.2, 0.25) is 11.8 Å². The maximum absolute atomic E-state index is 14.1. The monoisotopic (exact) mass is 538 g/mol. The molecule has 0 bridgehead atoms. The standard InChI is InChI=1S/C33H38N4O3/c1-24-13-12-18-27(21-24)37-29(22-28(35-37)33(2,3)4)34-30(38)23-36(19-20-40-5)32(39)31(25-14-8-6-9-15-25)26-16-10-7-11-17-26/h6-18,21-22,31H,19-20,23H2,1-5H3,(H,34,38). The Bertz CT molecular complexity index is 1390. The van der Waals surface area contributed by atoms with Crippen LogP contribution in [0.25, 0.3) is 5.69 Å². The summed E-state index contributed by atoms with van der Waals surface area (Å²) < 4.78 is 7.06. The number of benzene rings is 3. The summed E-state index contributed by atoms with van der Waals surface area (Å²) in [7, 11) is 1.59. The quantitative estimate of drug-likeness (QED) is 0.280. The van der Waals surface area contributed by atoms with Gasteiger partial charge < -0.3 is 15.0 Å². The molecule has 0 spiro atoms. The van der Waals surface area contributed by atoms with E-state index in [2.05, 4.69) is 26.1 Å². The van der Waals surface area contributed by atoms with Crippen molar-refractivity contribution < 1.29 is 14.3 Å². The van der Waals surface area contributed by atoms with Crippen LogP contribution in [0.2, 0.25) is 0 Å². The molecule has 208 valence electrons. The molecule has 0 unspecified atom stereocenters. The molecule has 1 N–H and O–H groups in total. The van der Waals surface area contributed by atoms with Crippen LogP contribution in [-0.2, 0) is 19.7 Å². The van der Waals surface area contributed by atoms with E-state index >= 15 is 0 Å². The molecule has 1 aromatic heterocycles. The van der Waals surface area contributed by atoms with Crippen LogP contribution in [-0.4, -0.2) is 53.3 Å². The van der Waals surface area contributed by atoms with Crippen molar-refractivity contribution in [2.45, 2.75) is 39.0 Å². The number of anilines is 1. The molecule has 0 aliphatic carbocycles. The summed E-state index contributed by atoms with van der Waals surface area (Å²) in [5, 5.41) is 7.85. The highest BCUT2D eigenvalue weighted by atomic mass is 16.5. The number of hydrogen-bond acceptors (Lipinski definition) is 4. The van der Waals surface area contributed by atoms with Crippen molar-refractivity contribution in [1.82, 2.24) is 14.7 Å². The number of amides is 2. The van der Waals surface area contributed by atoms with Crippen molar-refractivity contribution in [2.75, 3.05) is 32.1 Å². The SMILES string of the molecule is COCCN(CC(=O)Nc1cc(C(C)(C)C)nn1-c1cccc(C)c1)C(=O)C(c1ccccc1)c1ccccc1. The predicted molar refractivity (Wildman–Crippen MR) is 159 cm³/mol. The van der Waals surface area contributed by atoms with Crippen molar-refractivity contribution >= 4 is 17.6 Å². The normalized spacial score (nSPS) is 11.4. The van der Waals surface area contributed by atoms with E-state index in [9.17, 15) is 9.59 Å². The summed E-state index contributed by atoms with van der Waals surface area (Å²) in [4.78, 5) is 29.2. The van der Waals surface area contributed by atoms with E-state index in [-0.39, 0.29) is 30.3 Å². The number of methoxy groups -OCH3 is 1. The lowest BCUT2D eigenvalue weighted by Gasteiger charge is -2.27. The number of carbonyl (C=O) groups excluding carboxylic acids is 2. The molecule has 4 aromatic rings. The first-order valence-corrected chi connectivity index (χ1v) is 13.5. The molecule has 0 saturated carbocycles. The lowest BCUT2D eigenvalue weighted by atomic mass is 9.90. The second-order valence-electron chi connectivity index (χ2n) is 11.0. The Kier molecular flexibility index (Phi) is 9.17. The highest BCUT2D eigenvalue weighted by Gasteiger charge is 2.29. The van der Waals surface area contributed by atoms with Crippen molar-refractivity contribution in [3.63, 3.8) is 0 Å². The molecule has 7 nitrogen and oxygen atoms in total. The topological polar surface area (TPSA) is 76.5 Å². The maximum Gasteiger partial charge on any atom is 0.245 e. The zero-order chi connectivity index (χ0) is 28.7. The highest BCUT2D eigenvalue weighted by Crippen LogP contribution is 2.28. The van der Waals surface area contributed by atoms with E-state index in [4.69, 9.17) is 9.84 Å². The van der Waals surface area contributed by atoms with Crippen molar-refractivity contribution in [3.05, 3.63) is 113 Å². The van der Waals surface area contributed by atoms with Crippen molar-refractivity contribution in [2.24, 2.45) is 0 Å². The predicted octanol–water partition coefficient (Wildman–Crippen LogP) is 5.72. The molecule has 0 saturated heterocycles. The van der Waals surface area contributed by atoms with Crippen LogP contribution in [0.1, 0.15) is 49.1 Å². The van der Waals surface area contributed by atoms with Gasteiger partial charge in [0, 0.05) is 25.1 Å². The van der Waals surface area contributed by atoms with E-state index in [0.717, 1.165) is 28.1 Å². The second kappa shape index (κ2) is 12.7. The van der Waals surface area contributed by atoms with Gasteiger partial charge in [0.25, 0.3) is 0 Å². The summed E-state index contributed by atoms with van der Waals surface area (Å²) in [5.41, 5.74) is 4.32. The number of carbonyl (C=O) groups is 2. The molecule has 4 rings (SSSR count). The number of nitrogens with one attached hydrogen (secondary N) is 1. The van der Waals surface area contributed by atoms with Crippen LogP contribution in [0, 0.1) is 6.92 Å². The fourth-order valence-corrected chi connectivity index (χ4v) is 4.57. The Labute approximate surface area is 236 Å². The molecule has 40 heavy (non-hydrogen) atoms. The second-order valence-corrected chi connectivity index (χ2v) is 11.0. The Morgan fingerprint density at radius 3 is 2.10 bits per heavy atom. The maximum atomic E-state index is 14.1. The van der Waals surface area contributed by atoms with E-state index in [1.165, 1.54) is 0 Å². The number of aromatic nitrogens is 2. The first-order chi connectivity index (χ1) is 19.2. The largest absolute Gasteiger partial charge is 0.383 e. The number of nitrogens with zero attached hydrogens (tertiary/aromatic N) is 3. The lowest BCUT2D eigenvalue weighted by molar-refractivity contribution is -0.135. The molecule has 0 aliphatic rings. The summed E-state index contributed by atoms with van der Waals surface area (Å²) in [6, 6.07) is 29.2. The Morgan fingerprint density at radius 2 is 1.55 bits per heavy atom. The minimum Gasteiger partial charge on any atom is -0.383 e. The number of ether oxygens (including phenoxy) is 1. The molecule has 0 aliphatic heterocycles. The minimum absolute atomic E-state index is 0.123. The van der Waals surface area contributed by atoms with Gasteiger partial charge >= 0.3 is 0 Å². The first-order valence-electron chi connectivity index (χ1n) is 13.5. The Morgan fingerprint density at radius 1 is 0.925 bits per heavy atom. The fraction of sp³-hybridized carbons (Fsp3) is 0.303. The molecule has 0 atom stereocenters. The van der Waals surface area contributed by atoms with Gasteiger partial charge in [0.15, 0.2) is 0 Å². The molecule has 0 fully saturated rings. The molecule has 0 radical (unpaired) electrons. The minimum atomic E-state index is -0.544. The zero-order valence-corrected chi connectivity index (χ0v) is 23.9. The average molecular weight is 539 g/mol. The third-order valence-electron chi connectivity index (χ3n) is 6.72. The molecule has 3 aromatic carbocycles. The summed E-state index contributed by atoms with van der Waals surface area (Å²) in [6.07, 6.45) is 0. The molecular weight excluding hydrogens is 500 g/mol. The van der Waals surface area contributed by atoms with Crippen LogP contribution < -0.4 is 5.32 Å². The van der Waals surface area contributed by atoms with Crippen LogP contribution in [0.5, 0.6) is 0 Å². The third-order valence-corrected chi connectivity index (χ3v) is 6.72. The van der Waals surface area contributed by atoms with Gasteiger partial charge in [-0.05, 0) is 35.7 Å².